The van der Waals surface area contributed by atoms with Crippen LogP contribution in [-0.2, 0) is 20.7 Å². The van der Waals surface area contributed by atoms with Gasteiger partial charge in [-0.05, 0) is 44.7 Å². The van der Waals surface area contributed by atoms with Gasteiger partial charge < -0.3 is 25.0 Å². The summed E-state index contributed by atoms with van der Waals surface area (Å²) in [6.45, 7) is 3.78. The van der Waals surface area contributed by atoms with Crippen LogP contribution in [0.2, 0.25) is 0 Å². The number of anilines is 1. The van der Waals surface area contributed by atoms with Crippen molar-refractivity contribution in [3.63, 3.8) is 0 Å². The minimum atomic E-state index is -5.08. The van der Waals surface area contributed by atoms with E-state index in [4.69, 9.17) is 19.4 Å². The summed E-state index contributed by atoms with van der Waals surface area (Å²) in [4.78, 5) is 43.8. The van der Waals surface area contributed by atoms with Gasteiger partial charge in [-0.1, -0.05) is 12.1 Å². The normalized spacial score (nSPS) is 16.6. The molecule has 2 atom stereocenters. The van der Waals surface area contributed by atoms with E-state index in [0.29, 0.717) is 24.1 Å². The van der Waals surface area contributed by atoms with Gasteiger partial charge >= 0.3 is 24.3 Å². The lowest BCUT2D eigenvalue weighted by molar-refractivity contribution is -0.192. The van der Waals surface area contributed by atoms with Crippen molar-refractivity contribution in [2.45, 2.75) is 63.8 Å². The summed E-state index contributed by atoms with van der Waals surface area (Å²) < 4.78 is 42.3. The van der Waals surface area contributed by atoms with Gasteiger partial charge in [-0.15, -0.1) is 0 Å². The van der Waals surface area contributed by atoms with Crippen LogP contribution in [0.15, 0.2) is 24.3 Å². The molecule has 1 heterocycles. The molecule has 2 aromatic rings. The number of aromatic nitrogens is 2. The van der Waals surface area contributed by atoms with E-state index in [1.165, 1.54) is 6.07 Å². The second-order valence-corrected chi connectivity index (χ2v) is 8.83. The molecule has 0 radical (unpaired) electrons. The van der Waals surface area contributed by atoms with Crippen LogP contribution in [0.25, 0.3) is 0 Å². The number of aromatic hydroxyl groups is 1. The fourth-order valence-electron chi connectivity index (χ4n) is 3.71. The molecular weight excluding hydrogens is 529 g/mol. The number of phenolic OH excluding ortho intramolecular Hbond substituents is 1. The third-order valence-electron chi connectivity index (χ3n) is 5.47. The Balaban J connectivity index is 0.000000673. The fourth-order valence-corrected chi connectivity index (χ4v) is 3.71. The Labute approximate surface area is 220 Å². The average molecular weight is 559 g/mol. The zero-order valence-corrected chi connectivity index (χ0v) is 21.1. The van der Waals surface area contributed by atoms with Crippen LogP contribution in [-0.4, -0.2) is 69.8 Å². The number of carbonyl (C=O) groups is 4. The molecule has 0 bridgehead atoms. The molecule has 39 heavy (non-hydrogen) atoms. The summed E-state index contributed by atoms with van der Waals surface area (Å²) in [5.41, 5.74) is 1.63. The number of nitrogens with zero attached hydrogens (tertiary/aromatic N) is 1. The van der Waals surface area contributed by atoms with E-state index < -0.39 is 24.3 Å². The molecule has 1 aromatic heterocycles. The Bertz CT molecular complexity index is 1150. The summed E-state index contributed by atoms with van der Waals surface area (Å²) in [5.74, 6) is -2.38. The number of carbonyl (C=O) groups excluding carboxylic acids is 3. The van der Waals surface area contributed by atoms with Crippen molar-refractivity contribution < 1.29 is 52.0 Å². The molecule has 1 aliphatic rings. The summed E-state index contributed by atoms with van der Waals surface area (Å²) >= 11 is 0. The van der Waals surface area contributed by atoms with Gasteiger partial charge in [-0.2, -0.15) is 18.3 Å². The number of carboxylic acids is 1. The molecule has 3 rings (SSSR count). The third-order valence-corrected chi connectivity index (χ3v) is 5.47. The van der Waals surface area contributed by atoms with Crippen molar-refractivity contribution in [2.24, 2.45) is 0 Å². The van der Waals surface area contributed by atoms with Gasteiger partial charge in [-0.3, -0.25) is 15.2 Å². The standard InChI is InChI=1S/C22H28N4O6.C2HF3O2/c1-13(2)23-22(30)32-16-7-6-15(10-16)18-11-20(26-25-18)24-21(29)31-9-8-14-4-3-5-19(28)17(14)12-27;3-2(4,5)1(6)7/h3-5,11-13,15-16,28H,6-10H2,1-2H3,(H,23,30)(H2,24,25,26,29);(H,6,7). The second-order valence-electron chi connectivity index (χ2n) is 8.83. The Morgan fingerprint density at radius 2 is 1.92 bits per heavy atom. The number of hydrogen-bond acceptors (Lipinski definition) is 8. The highest BCUT2D eigenvalue weighted by Crippen LogP contribution is 2.35. The van der Waals surface area contributed by atoms with Gasteiger partial charge in [-0.25, -0.2) is 14.4 Å². The molecule has 1 aliphatic carbocycles. The first-order chi connectivity index (χ1) is 18.3. The van der Waals surface area contributed by atoms with E-state index in [1.807, 2.05) is 13.8 Å². The minimum Gasteiger partial charge on any atom is -0.507 e. The van der Waals surface area contributed by atoms with Gasteiger partial charge in [0, 0.05) is 30.1 Å². The zero-order valence-electron chi connectivity index (χ0n) is 21.1. The van der Waals surface area contributed by atoms with Crippen molar-refractivity contribution in [3.05, 3.63) is 41.1 Å². The van der Waals surface area contributed by atoms with E-state index in [0.717, 1.165) is 18.5 Å². The number of ether oxygens (including phenoxy) is 2. The molecule has 15 heteroatoms. The Morgan fingerprint density at radius 1 is 1.23 bits per heavy atom. The number of alkyl carbamates (subject to hydrolysis) is 1. The van der Waals surface area contributed by atoms with Crippen LogP contribution in [0.1, 0.15) is 60.6 Å². The number of halogens is 3. The monoisotopic (exact) mass is 558 g/mol. The number of benzene rings is 1. The Kier molecular flexibility index (Phi) is 11.1. The first kappa shape index (κ1) is 30.9. The number of H-pyrrole nitrogens is 1. The summed E-state index contributed by atoms with van der Waals surface area (Å²) in [6.07, 6.45) is -3.18. The third kappa shape index (κ3) is 10.2. The van der Waals surface area contributed by atoms with Crippen molar-refractivity contribution in [1.82, 2.24) is 15.5 Å². The van der Waals surface area contributed by atoms with Crippen LogP contribution < -0.4 is 10.6 Å². The average Bonchev–Trinajstić information content (AvgIpc) is 3.48. The van der Waals surface area contributed by atoms with Gasteiger partial charge in [0.15, 0.2) is 12.1 Å². The largest absolute Gasteiger partial charge is 0.507 e. The number of nitrogens with one attached hydrogen (secondary N) is 3. The molecule has 0 spiro atoms. The fraction of sp³-hybridized carbons (Fsp3) is 0.458. The predicted molar refractivity (Wildman–Crippen MR) is 130 cm³/mol. The molecule has 0 aliphatic heterocycles. The molecule has 2 amide bonds. The molecule has 1 aromatic carbocycles. The topological polar surface area (TPSA) is 180 Å². The Hall–Kier alpha value is -4.30. The lowest BCUT2D eigenvalue weighted by Gasteiger charge is -2.14. The first-order valence-corrected chi connectivity index (χ1v) is 11.8. The highest BCUT2D eigenvalue weighted by molar-refractivity contribution is 5.83. The van der Waals surface area contributed by atoms with E-state index in [-0.39, 0.29) is 42.4 Å². The molecule has 0 saturated heterocycles. The number of aliphatic carboxylic acids is 1. The van der Waals surface area contributed by atoms with E-state index in [9.17, 15) is 32.7 Å². The van der Waals surface area contributed by atoms with Crippen molar-refractivity contribution in [2.75, 3.05) is 11.9 Å². The maximum atomic E-state index is 12.0. The lowest BCUT2D eigenvalue weighted by Crippen LogP contribution is -2.33. The molecule has 2 unspecified atom stereocenters. The zero-order chi connectivity index (χ0) is 29.2. The molecule has 12 nitrogen and oxygen atoms in total. The van der Waals surface area contributed by atoms with Crippen molar-refractivity contribution in [3.8, 4) is 5.75 Å². The molecule has 1 saturated carbocycles. The number of aldehydes is 1. The first-order valence-electron chi connectivity index (χ1n) is 11.8. The molecule has 1 fully saturated rings. The minimum absolute atomic E-state index is 0.0209. The number of carboxylic acid groups (broad SMARTS) is 1. The van der Waals surface area contributed by atoms with Crippen LogP contribution in [0.4, 0.5) is 28.6 Å². The lowest BCUT2D eigenvalue weighted by atomic mass is 10.0. The quantitative estimate of drug-likeness (QED) is 0.298. The van der Waals surface area contributed by atoms with Gasteiger partial charge in [0.2, 0.25) is 0 Å². The number of phenols is 1. The number of rotatable bonds is 8. The van der Waals surface area contributed by atoms with E-state index in [2.05, 4.69) is 20.8 Å². The van der Waals surface area contributed by atoms with Crippen LogP contribution in [0, 0.1) is 0 Å². The SMILES string of the molecule is CC(C)NC(=O)OC1CCC(c2cc(NC(=O)OCCc3cccc(O)c3C=O)n[nH]2)C1.O=C(O)C(F)(F)F. The smallest absolute Gasteiger partial charge is 0.490 e. The highest BCUT2D eigenvalue weighted by atomic mass is 19.4. The predicted octanol–water partition coefficient (Wildman–Crippen LogP) is 4.12. The number of hydrogen-bond donors (Lipinski definition) is 5. The number of alkyl halides is 3. The van der Waals surface area contributed by atoms with Crippen molar-refractivity contribution in [1.29, 1.82) is 0 Å². The van der Waals surface area contributed by atoms with E-state index in [1.54, 1.807) is 18.2 Å². The van der Waals surface area contributed by atoms with Crippen LogP contribution >= 0.6 is 0 Å². The molecular formula is C24H29F3N4O8. The van der Waals surface area contributed by atoms with Gasteiger partial charge in [0.1, 0.15) is 11.9 Å². The van der Waals surface area contributed by atoms with Crippen molar-refractivity contribution >= 4 is 30.3 Å². The summed E-state index contributed by atoms with van der Waals surface area (Å²) in [5, 5.41) is 29.1. The Morgan fingerprint density at radius 3 is 2.54 bits per heavy atom. The maximum Gasteiger partial charge on any atom is 0.490 e. The summed E-state index contributed by atoms with van der Waals surface area (Å²) in [6, 6.07) is 6.50. The van der Waals surface area contributed by atoms with Gasteiger partial charge in [0.05, 0.1) is 12.2 Å². The van der Waals surface area contributed by atoms with Gasteiger partial charge in [0.25, 0.3) is 0 Å². The molecule has 214 valence electrons. The highest BCUT2D eigenvalue weighted by Gasteiger charge is 2.38. The van der Waals surface area contributed by atoms with E-state index >= 15 is 0 Å². The van der Waals surface area contributed by atoms with Crippen LogP contribution in [0.5, 0.6) is 5.75 Å². The maximum absolute atomic E-state index is 12.0. The summed E-state index contributed by atoms with van der Waals surface area (Å²) in [7, 11) is 0. The number of aromatic amines is 1. The number of amides is 2. The van der Waals surface area contributed by atoms with Crippen LogP contribution in [0.3, 0.4) is 0 Å². The molecule has 5 N–H and O–H groups in total. The second kappa shape index (κ2) is 14.0.